The number of nitrogens with zero attached hydrogens (tertiary/aromatic N) is 4. The van der Waals surface area contributed by atoms with Crippen LogP contribution in [0.25, 0.3) is 0 Å². The van der Waals surface area contributed by atoms with E-state index in [0.717, 1.165) is 44.3 Å². The van der Waals surface area contributed by atoms with Crippen LogP contribution in [0.1, 0.15) is 25.7 Å². The van der Waals surface area contributed by atoms with Gasteiger partial charge in [0.05, 0.1) is 5.92 Å². The second kappa shape index (κ2) is 6.70. The summed E-state index contributed by atoms with van der Waals surface area (Å²) in [6, 6.07) is 0. The topological polar surface area (TPSA) is 56.8 Å². The molecular formula is C17H24N4O2S. The van der Waals surface area contributed by atoms with E-state index in [9.17, 15) is 9.59 Å². The molecule has 3 heterocycles. The third-order valence-corrected chi connectivity index (χ3v) is 6.07. The van der Waals surface area contributed by atoms with Crippen LogP contribution in [-0.4, -0.2) is 65.9 Å². The molecule has 1 atom stereocenters. The molecule has 0 unspecified atom stereocenters. The van der Waals surface area contributed by atoms with E-state index in [0.29, 0.717) is 18.9 Å². The van der Waals surface area contributed by atoms with Gasteiger partial charge in [-0.1, -0.05) is 0 Å². The van der Waals surface area contributed by atoms with E-state index >= 15 is 0 Å². The van der Waals surface area contributed by atoms with E-state index in [2.05, 4.69) is 9.88 Å². The summed E-state index contributed by atoms with van der Waals surface area (Å²) < 4.78 is 0. The maximum absolute atomic E-state index is 12.9. The van der Waals surface area contributed by atoms with Gasteiger partial charge in [-0.3, -0.25) is 9.59 Å². The molecule has 0 radical (unpaired) electrons. The van der Waals surface area contributed by atoms with Crippen molar-refractivity contribution in [2.75, 3.05) is 44.2 Å². The van der Waals surface area contributed by atoms with Gasteiger partial charge in [0.25, 0.3) is 0 Å². The first-order valence-electron chi connectivity index (χ1n) is 8.91. The van der Waals surface area contributed by atoms with Crippen LogP contribution in [0.4, 0.5) is 5.13 Å². The van der Waals surface area contributed by atoms with Crippen LogP contribution in [0.15, 0.2) is 11.6 Å². The molecule has 0 aromatic carbocycles. The number of likely N-dealkylation sites (tertiary alicyclic amines) is 1. The molecule has 2 aliphatic heterocycles. The molecule has 4 rings (SSSR count). The van der Waals surface area contributed by atoms with E-state index in [1.54, 1.807) is 11.3 Å². The number of amides is 2. The minimum absolute atomic E-state index is 0.136. The highest BCUT2D eigenvalue weighted by Gasteiger charge is 2.38. The van der Waals surface area contributed by atoms with Gasteiger partial charge in [0, 0.05) is 57.3 Å². The largest absolute Gasteiger partial charge is 0.346 e. The Kier molecular flexibility index (Phi) is 4.43. The molecule has 1 aromatic rings. The van der Waals surface area contributed by atoms with Crippen molar-refractivity contribution >= 4 is 28.3 Å². The molecule has 3 fully saturated rings. The average Bonchev–Trinajstić information content (AvgIpc) is 3.18. The first-order valence-corrected chi connectivity index (χ1v) is 9.79. The Morgan fingerprint density at radius 1 is 1.25 bits per heavy atom. The smallest absolute Gasteiger partial charge is 0.228 e. The molecule has 0 spiro atoms. The summed E-state index contributed by atoms with van der Waals surface area (Å²) in [5.41, 5.74) is 0. The highest BCUT2D eigenvalue weighted by molar-refractivity contribution is 7.13. The van der Waals surface area contributed by atoms with Crippen molar-refractivity contribution in [3.05, 3.63) is 11.6 Å². The fourth-order valence-corrected chi connectivity index (χ4v) is 4.38. The molecule has 24 heavy (non-hydrogen) atoms. The molecule has 130 valence electrons. The van der Waals surface area contributed by atoms with Gasteiger partial charge in [0.1, 0.15) is 0 Å². The third-order valence-electron chi connectivity index (χ3n) is 5.24. The van der Waals surface area contributed by atoms with E-state index in [-0.39, 0.29) is 17.7 Å². The van der Waals surface area contributed by atoms with Crippen LogP contribution in [0.5, 0.6) is 0 Å². The van der Waals surface area contributed by atoms with E-state index in [4.69, 9.17) is 0 Å². The molecule has 6 nitrogen and oxygen atoms in total. The van der Waals surface area contributed by atoms with E-state index < -0.39 is 0 Å². The highest BCUT2D eigenvalue weighted by atomic mass is 32.1. The molecular weight excluding hydrogens is 324 g/mol. The van der Waals surface area contributed by atoms with Crippen LogP contribution in [-0.2, 0) is 9.59 Å². The lowest BCUT2D eigenvalue weighted by Crippen LogP contribution is -2.40. The number of hydrogen-bond donors (Lipinski definition) is 0. The zero-order valence-corrected chi connectivity index (χ0v) is 14.7. The van der Waals surface area contributed by atoms with Gasteiger partial charge in [-0.2, -0.15) is 0 Å². The van der Waals surface area contributed by atoms with E-state index in [1.165, 1.54) is 12.8 Å². The maximum Gasteiger partial charge on any atom is 0.228 e. The van der Waals surface area contributed by atoms with Crippen LogP contribution in [0.3, 0.4) is 0 Å². The van der Waals surface area contributed by atoms with Crippen molar-refractivity contribution in [2.45, 2.75) is 25.7 Å². The molecule has 1 saturated carbocycles. The molecule has 1 aliphatic carbocycles. The highest BCUT2D eigenvalue weighted by Crippen LogP contribution is 2.32. The van der Waals surface area contributed by atoms with Crippen molar-refractivity contribution in [3.63, 3.8) is 0 Å². The molecule has 0 N–H and O–H groups in total. The van der Waals surface area contributed by atoms with Crippen LogP contribution >= 0.6 is 11.3 Å². The van der Waals surface area contributed by atoms with Crippen LogP contribution in [0.2, 0.25) is 0 Å². The van der Waals surface area contributed by atoms with Crippen LogP contribution < -0.4 is 4.90 Å². The zero-order valence-electron chi connectivity index (χ0n) is 13.9. The number of carbonyl (C=O) groups excluding carboxylic acids is 2. The van der Waals surface area contributed by atoms with Crippen molar-refractivity contribution < 1.29 is 9.59 Å². The monoisotopic (exact) mass is 348 g/mol. The summed E-state index contributed by atoms with van der Waals surface area (Å²) in [6.45, 7) is 4.77. The third kappa shape index (κ3) is 3.41. The lowest BCUT2D eigenvalue weighted by atomic mass is 10.1. The Bertz CT molecular complexity index is 602. The SMILES string of the molecule is O=C1C[C@@H](C(=O)N2CCCN(c3nccs3)CC2)CN1CC1CC1. The van der Waals surface area contributed by atoms with Crippen molar-refractivity contribution in [1.82, 2.24) is 14.8 Å². The number of carbonyl (C=O) groups is 2. The lowest BCUT2D eigenvalue weighted by molar-refractivity contribution is -0.135. The number of anilines is 1. The number of hydrogen-bond acceptors (Lipinski definition) is 5. The summed E-state index contributed by atoms with van der Waals surface area (Å²) in [5, 5.41) is 3.03. The van der Waals surface area contributed by atoms with Crippen molar-refractivity contribution in [2.24, 2.45) is 11.8 Å². The summed E-state index contributed by atoms with van der Waals surface area (Å²) in [4.78, 5) is 35.5. The first-order chi connectivity index (χ1) is 11.7. The molecule has 2 amide bonds. The van der Waals surface area contributed by atoms with Gasteiger partial charge < -0.3 is 14.7 Å². The summed E-state index contributed by atoms with van der Waals surface area (Å²) in [6.07, 6.45) is 5.66. The summed E-state index contributed by atoms with van der Waals surface area (Å²) in [7, 11) is 0. The predicted octanol–water partition coefficient (Wildman–Crippen LogP) is 1.44. The van der Waals surface area contributed by atoms with Crippen LogP contribution in [0, 0.1) is 11.8 Å². The molecule has 2 saturated heterocycles. The van der Waals surface area contributed by atoms with Crippen molar-refractivity contribution in [3.8, 4) is 0 Å². The summed E-state index contributed by atoms with van der Waals surface area (Å²) >= 11 is 1.65. The Balaban J connectivity index is 1.33. The molecule has 3 aliphatic rings. The summed E-state index contributed by atoms with van der Waals surface area (Å²) in [5.74, 6) is 0.887. The quantitative estimate of drug-likeness (QED) is 0.826. The number of aromatic nitrogens is 1. The average molecular weight is 348 g/mol. The first kappa shape index (κ1) is 15.9. The van der Waals surface area contributed by atoms with Gasteiger partial charge in [0.2, 0.25) is 11.8 Å². The maximum atomic E-state index is 12.9. The molecule has 7 heteroatoms. The molecule has 0 bridgehead atoms. The number of rotatable bonds is 4. The van der Waals surface area contributed by atoms with Gasteiger partial charge in [-0.05, 0) is 25.2 Å². The van der Waals surface area contributed by atoms with Crippen molar-refractivity contribution in [1.29, 1.82) is 0 Å². The standard InChI is InChI=1S/C17H24N4O2S/c22-15-10-14(12-21(15)11-13-2-3-13)16(23)19-5-1-6-20(8-7-19)17-18-4-9-24-17/h4,9,13-14H,1-3,5-8,10-12H2/t14-/m1/s1. The Morgan fingerprint density at radius 3 is 2.88 bits per heavy atom. The zero-order chi connectivity index (χ0) is 16.5. The minimum atomic E-state index is -0.136. The predicted molar refractivity (Wildman–Crippen MR) is 92.9 cm³/mol. The van der Waals surface area contributed by atoms with Gasteiger partial charge in [0.15, 0.2) is 5.13 Å². The van der Waals surface area contributed by atoms with Gasteiger partial charge in [-0.15, -0.1) is 11.3 Å². The fraction of sp³-hybridized carbons (Fsp3) is 0.706. The number of thiazole rings is 1. The molecule has 1 aromatic heterocycles. The normalized spacial score (nSPS) is 25.2. The van der Waals surface area contributed by atoms with Gasteiger partial charge in [-0.25, -0.2) is 4.98 Å². The Hall–Kier alpha value is -1.63. The van der Waals surface area contributed by atoms with E-state index in [1.807, 2.05) is 21.4 Å². The second-order valence-electron chi connectivity index (χ2n) is 7.12. The Labute approximate surface area is 146 Å². The fourth-order valence-electron chi connectivity index (χ4n) is 3.69. The Morgan fingerprint density at radius 2 is 2.12 bits per heavy atom. The van der Waals surface area contributed by atoms with Gasteiger partial charge >= 0.3 is 0 Å². The minimum Gasteiger partial charge on any atom is -0.346 e. The lowest BCUT2D eigenvalue weighted by Gasteiger charge is -2.24. The second-order valence-corrected chi connectivity index (χ2v) is 8.00.